The maximum absolute atomic E-state index is 11.5. The van der Waals surface area contributed by atoms with Gasteiger partial charge in [0.15, 0.2) is 0 Å². The quantitative estimate of drug-likeness (QED) is 0.742. The van der Waals surface area contributed by atoms with Gasteiger partial charge in [-0.1, -0.05) is 12.1 Å². The predicted octanol–water partition coefficient (Wildman–Crippen LogP) is 0.951. The largest absolute Gasteiger partial charge is 0.478 e. The zero-order valence-electron chi connectivity index (χ0n) is 9.98. The van der Waals surface area contributed by atoms with E-state index in [-0.39, 0.29) is 17.0 Å². The molecule has 1 aliphatic rings. The number of nitrogens with two attached hydrogens (primary N) is 1. The number of piperidine rings is 1. The minimum Gasteiger partial charge on any atom is -0.478 e. The van der Waals surface area contributed by atoms with Crippen molar-refractivity contribution < 1.29 is 14.7 Å². The van der Waals surface area contributed by atoms with Crippen LogP contribution in [0.2, 0.25) is 0 Å². The molecule has 0 atom stereocenters. The van der Waals surface area contributed by atoms with E-state index < -0.39 is 11.9 Å². The number of carbonyl (C=O) groups excluding carboxylic acids is 1. The van der Waals surface area contributed by atoms with Crippen molar-refractivity contribution in [1.29, 1.82) is 0 Å². The monoisotopic (exact) mass is 248 g/mol. The first-order valence-corrected chi connectivity index (χ1v) is 5.98. The Bertz CT molecular complexity index is 479. The Balaban J connectivity index is 2.48. The summed E-state index contributed by atoms with van der Waals surface area (Å²) in [6.45, 7) is 1.75. The first-order valence-electron chi connectivity index (χ1n) is 5.98. The Morgan fingerprint density at radius 3 is 2.50 bits per heavy atom. The highest BCUT2D eigenvalue weighted by molar-refractivity contribution is 6.05. The lowest BCUT2D eigenvalue weighted by Crippen LogP contribution is -2.28. The average Bonchev–Trinajstić information content (AvgIpc) is 2.38. The van der Waals surface area contributed by atoms with Gasteiger partial charge in [0.05, 0.1) is 11.1 Å². The van der Waals surface area contributed by atoms with Crippen LogP contribution < -0.4 is 11.1 Å². The highest BCUT2D eigenvalue weighted by atomic mass is 16.4. The summed E-state index contributed by atoms with van der Waals surface area (Å²) in [5.74, 6) is -1.57. The molecule has 0 unspecified atom stereocenters. The molecule has 1 aliphatic heterocycles. The van der Waals surface area contributed by atoms with E-state index in [1.54, 1.807) is 6.07 Å². The molecule has 1 aromatic carbocycles. The van der Waals surface area contributed by atoms with Crippen molar-refractivity contribution in [1.82, 2.24) is 5.32 Å². The van der Waals surface area contributed by atoms with Crippen LogP contribution in [-0.2, 0) is 0 Å². The third-order valence-corrected chi connectivity index (χ3v) is 3.35. The van der Waals surface area contributed by atoms with E-state index in [2.05, 4.69) is 5.32 Å². The van der Waals surface area contributed by atoms with Crippen molar-refractivity contribution >= 4 is 11.9 Å². The number of carboxylic acid groups (broad SMARTS) is 1. The van der Waals surface area contributed by atoms with Crippen molar-refractivity contribution in [2.45, 2.75) is 18.8 Å². The highest BCUT2D eigenvalue weighted by Gasteiger charge is 2.24. The standard InChI is InChI=1S/C13H16N2O3/c14-12(16)11-9(8-4-6-15-7-5-8)2-1-3-10(11)13(17)18/h1-3,8,15H,4-7H2,(H2,14,16)(H,17,18). The second-order valence-electron chi connectivity index (χ2n) is 4.46. The van der Waals surface area contributed by atoms with Crippen LogP contribution in [0.15, 0.2) is 18.2 Å². The van der Waals surface area contributed by atoms with E-state index >= 15 is 0 Å². The van der Waals surface area contributed by atoms with Gasteiger partial charge in [-0.15, -0.1) is 0 Å². The van der Waals surface area contributed by atoms with Gasteiger partial charge in [-0.05, 0) is 43.5 Å². The number of amides is 1. The Labute approximate surface area is 105 Å². The van der Waals surface area contributed by atoms with Gasteiger partial charge in [0.25, 0.3) is 0 Å². The Morgan fingerprint density at radius 2 is 1.94 bits per heavy atom. The third kappa shape index (κ3) is 2.36. The van der Waals surface area contributed by atoms with Crippen LogP contribution in [0.5, 0.6) is 0 Å². The molecule has 96 valence electrons. The second kappa shape index (κ2) is 5.18. The molecule has 1 heterocycles. The summed E-state index contributed by atoms with van der Waals surface area (Å²) in [4.78, 5) is 22.7. The van der Waals surface area contributed by atoms with Crippen molar-refractivity contribution in [2.24, 2.45) is 5.73 Å². The molecule has 1 saturated heterocycles. The van der Waals surface area contributed by atoms with Gasteiger partial charge in [0.1, 0.15) is 0 Å². The number of rotatable bonds is 3. The van der Waals surface area contributed by atoms with E-state index in [1.165, 1.54) is 6.07 Å². The maximum Gasteiger partial charge on any atom is 0.336 e. The van der Waals surface area contributed by atoms with Crippen LogP contribution in [0, 0.1) is 0 Å². The zero-order chi connectivity index (χ0) is 13.1. The molecule has 5 heteroatoms. The fourth-order valence-electron chi connectivity index (χ4n) is 2.50. The Morgan fingerprint density at radius 1 is 1.28 bits per heavy atom. The summed E-state index contributed by atoms with van der Waals surface area (Å²) >= 11 is 0. The fraction of sp³-hybridized carbons (Fsp3) is 0.385. The molecule has 0 bridgehead atoms. The molecule has 18 heavy (non-hydrogen) atoms. The summed E-state index contributed by atoms with van der Waals surface area (Å²) < 4.78 is 0. The minimum absolute atomic E-state index is 0.00136. The van der Waals surface area contributed by atoms with E-state index in [1.807, 2.05) is 6.07 Å². The molecule has 0 aromatic heterocycles. The normalized spacial score (nSPS) is 16.4. The first kappa shape index (κ1) is 12.6. The van der Waals surface area contributed by atoms with Crippen LogP contribution in [-0.4, -0.2) is 30.1 Å². The van der Waals surface area contributed by atoms with Crippen LogP contribution in [0.25, 0.3) is 0 Å². The van der Waals surface area contributed by atoms with Gasteiger partial charge in [-0.2, -0.15) is 0 Å². The number of carboxylic acids is 1. The molecule has 0 spiro atoms. The minimum atomic E-state index is -1.11. The molecule has 0 radical (unpaired) electrons. The topological polar surface area (TPSA) is 92.4 Å². The molecular weight excluding hydrogens is 232 g/mol. The highest BCUT2D eigenvalue weighted by Crippen LogP contribution is 2.29. The summed E-state index contributed by atoms with van der Waals surface area (Å²) in [7, 11) is 0. The van der Waals surface area contributed by atoms with E-state index in [0.29, 0.717) is 0 Å². The average molecular weight is 248 g/mol. The van der Waals surface area contributed by atoms with Crippen LogP contribution in [0.4, 0.5) is 0 Å². The van der Waals surface area contributed by atoms with Gasteiger partial charge in [-0.25, -0.2) is 4.79 Å². The number of primary amides is 1. The van der Waals surface area contributed by atoms with E-state index in [4.69, 9.17) is 10.8 Å². The van der Waals surface area contributed by atoms with Gasteiger partial charge in [0.2, 0.25) is 5.91 Å². The lowest BCUT2D eigenvalue weighted by atomic mass is 9.85. The molecule has 0 saturated carbocycles. The predicted molar refractivity (Wildman–Crippen MR) is 66.8 cm³/mol. The van der Waals surface area contributed by atoms with Gasteiger partial charge >= 0.3 is 5.97 Å². The molecule has 0 aliphatic carbocycles. The lowest BCUT2D eigenvalue weighted by Gasteiger charge is -2.25. The fourth-order valence-corrected chi connectivity index (χ4v) is 2.50. The van der Waals surface area contributed by atoms with Crippen molar-refractivity contribution in [3.63, 3.8) is 0 Å². The first-order chi connectivity index (χ1) is 8.61. The number of hydrogen-bond acceptors (Lipinski definition) is 3. The summed E-state index contributed by atoms with van der Waals surface area (Å²) in [6, 6.07) is 4.91. The molecule has 1 fully saturated rings. The Kier molecular flexibility index (Phi) is 3.62. The molecule has 2 rings (SSSR count). The molecule has 1 amide bonds. The van der Waals surface area contributed by atoms with Crippen molar-refractivity contribution in [2.75, 3.05) is 13.1 Å². The lowest BCUT2D eigenvalue weighted by molar-refractivity contribution is 0.0691. The molecule has 4 N–H and O–H groups in total. The smallest absolute Gasteiger partial charge is 0.336 e. The van der Waals surface area contributed by atoms with Crippen molar-refractivity contribution in [3.05, 3.63) is 34.9 Å². The third-order valence-electron chi connectivity index (χ3n) is 3.35. The zero-order valence-corrected chi connectivity index (χ0v) is 9.98. The second-order valence-corrected chi connectivity index (χ2v) is 4.46. The number of nitrogens with one attached hydrogen (secondary N) is 1. The van der Waals surface area contributed by atoms with Crippen molar-refractivity contribution in [3.8, 4) is 0 Å². The number of benzene rings is 1. The maximum atomic E-state index is 11.5. The van der Waals surface area contributed by atoms with Crippen LogP contribution in [0.3, 0.4) is 0 Å². The molecule has 5 nitrogen and oxygen atoms in total. The number of hydrogen-bond donors (Lipinski definition) is 3. The van der Waals surface area contributed by atoms with Gasteiger partial charge in [0, 0.05) is 0 Å². The summed E-state index contributed by atoms with van der Waals surface area (Å²) in [6.07, 6.45) is 1.78. The molecule has 1 aromatic rings. The van der Waals surface area contributed by atoms with Gasteiger partial charge in [-0.3, -0.25) is 4.79 Å². The number of aromatic carboxylic acids is 1. The summed E-state index contributed by atoms with van der Waals surface area (Å²) in [5, 5.41) is 12.4. The summed E-state index contributed by atoms with van der Waals surface area (Å²) in [5.41, 5.74) is 6.27. The van der Waals surface area contributed by atoms with Gasteiger partial charge < -0.3 is 16.2 Å². The molecular formula is C13H16N2O3. The Hall–Kier alpha value is -1.88. The van der Waals surface area contributed by atoms with Crippen LogP contribution in [0.1, 0.15) is 45.0 Å². The number of carbonyl (C=O) groups is 2. The van der Waals surface area contributed by atoms with E-state index in [0.717, 1.165) is 31.5 Å². The van der Waals surface area contributed by atoms with E-state index in [9.17, 15) is 9.59 Å². The van der Waals surface area contributed by atoms with Crippen LogP contribution >= 0.6 is 0 Å². The SMILES string of the molecule is NC(=O)c1c(C(=O)O)cccc1C1CCNCC1.